The largest absolute Gasteiger partial charge is 0.353 e. The van der Waals surface area contributed by atoms with Gasteiger partial charge in [-0.3, -0.25) is 0 Å². The predicted molar refractivity (Wildman–Crippen MR) is 44.5 cm³/mol. The molecule has 0 aliphatic heterocycles. The van der Waals surface area contributed by atoms with Gasteiger partial charge in [-0.25, -0.2) is 0 Å². The molecule has 0 unspecified atom stereocenters. The van der Waals surface area contributed by atoms with Gasteiger partial charge in [-0.1, -0.05) is 25.4 Å². The van der Waals surface area contributed by atoms with Crippen molar-refractivity contribution < 1.29 is 0 Å². The van der Waals surface area contributed by atoms with Crippen molar-refractivity contribution in [3.8, 4) is 0 Å². The average molecular weight is 158 g/mol. The van der Waals surface area contributed by atoms with Crippen molar-refractivity contribution in [2.45, 2.75) is 19.8 Å². The summed E-state index contributed by atoms with van der Waals surface area (Å²) in [6.45, 7) is 4.28. The molecule has 56 valence electrons. The lowest BCUT2D eigenvalue weighted by atomic mass is 10.1. The molecule has 10 heavy (non-hydrogen) atoms. The topological polar surface area (TPSA) is 4.93 Å². The SMILES string of the molecule is CC(C)c1c(Cl)ccn1C. The normalized spacial score (nSPS) is 10.9. The molecule has 0 aliphatic carbocycles. The average Bonchev–Trinajstić information content (AvgIpc) is 2.11. The molecule has 1 rings (SSSR count). The van der Waals surface area contributed by atoms with Gasteiger partial charge in [0.15, 0.2) is 0 Å². The highest BCUT2D eigenvalue weighted by atomic mass is 35.5. The first kappa shape index (κ1) is 7.67. The summed E-state index contributed by atoms with van der Waals surface area (Å²) in [4.78, 5) is 0. The zero-order valence-corrected chi connectivity index (χ0v) is 7.31. The summed E-state index contributed by atoms with van der Waals surface area (Å²) in [5.41, 5.74) is 1.21. The van der Waals surface area contributed by atoms with E-state index >= 15 is 0 Å². The maximum absolute atomic E-state index is 5.92. The fraction of sp³-hybridized carbons (Fsp3) is 0.500. The molecule has 1 aromatic rings. The second-order valence-corrected chi connectivity index (χ2v) is 3.22. The molecule has 0 saturated heterocycles. The number of hydrogen-bond donors (Lipinski definition) is 0. The van der Waals surface area contributed by atoms with Gasteiger partial charge in [0.25, 0.3) is 0 Å². The predicted octanol–water partition coefficient (Wildman–Crippen LogP) is 2.80. The summed E-state index contributed by atoms with van der Waals surface area (Å²) in [7, 11) is 2.02. The minimum absolute atomic E-state index is 0.507. The maximum Gasteiger partial charge on any atom is 0.0617 e. The van der Waals surface area contributed by atoms with Crippen LogP contribution in [0.3, 0.4) is 0 Å². The summed E-state index contributed by atoms with van der Waals surface area (Å²) >= 11 is 5.92. The molecule has 0 radical (unpaired) electrons. The number of aryl methyl sites for hydroxylation is 1. The van der Waals surface area contributed by atoms with Gasteiger partial charge in [0.2, 0.25) is 0 Å². The number of hydrogen-bond acceptors (Lipinski definition) is 0. The van der Waals surface area contributed by atoms with Crippen LogP contribution in [0.2, 0.25) is 5.02 Å². The van der Waals surface area contributed by atoms with Gasteiger partial charge in [-0.05, 0) is 12.0 Å². The van der Waals surface area contributed by atoms with Gasteiger partial charge in [0.05, 0.1) is 5.02 Å². The summed E-state index contributed by atoms with van der Waals surface area (Å²) in [6.07, 6.45) is 1.98. The van der Waals surface area contributed by atoms with Crippen LogP contribution in [0.15, 0.2) is 12.3 Å². The van der Waals surface area contributed by atoms with Crippen molar-refractivity contribution >= 4 is 11.6 Å². The van der Waals surface area contributed by atoms with Gasteiger partial charge in [-0.15, -0.1) is 0 Å². The Morgan fingerprint density at radius 3 is 2.30 bits per heavy atom. The van der Waals surface area contributed by atoms with Gasteiger partial charge < -0.3 is 4.57 Å². The van der Waals surface area contributed by atoms with Crippen molar-refractivity contribution in [1.29, 1.82) is 0 Å². The Bertz CT molecular complexity index is 206. The van der Waals surface area contributed by atoms with E-state index in [1.165, 1.54) is 5.69 Å². The highest BCUT2D eigenvalue weighted by Gasteiger charge is 2.07. The summed E-state index contributed by atoms with van der Waals surface area (Å²) in [5, 5.41) is 0.873. The lowest BCUT2D eigenvalue weighted by molar-refractivity contribution is 0.741. The van der Waals surface area contributed by atoms with Crippen molar-refractivity contribution in [3.05, 3.63) is 23.0 Å². The summed E-state index contributed by atoms with van der Waals surface area (Å²) < 4.78 is 2.06. The van der Waals surface area contributed by atoms with Crippen LogP contribution < -0.4 is 0 Å². The Hall–Kier alpha value is -0.430. The Balaban J connectivity index is 3.10. The molecular weight excluding hydrogens is 146 g/mol. The van der Waals surface area contributed by atoms with Crippen molar-refractivity contribution in [2.75, 3.05) is 0 Å². The smallest absolute Gasteiger partial charge is 0.0617 e. The quantitative estimate of drug-likeness (QED) is 0.591. The van der Waals surface area contributed by atoms with Crippen LogP contribution in [-0.4, -0.2) is 4.57 Å². The second-order valence-electron chi connectivity index (χ2n) is 2.81. The second kappa shape index (κ2) is 2.67. The fourth-order valence-electron chi connectivity index (χ4n) is 1.19. The van der Waals surface area contributed by atoms with Crippen molar-refractivity contribution in [3.63, 3.8) is 0 Å². The zero-order chi connectivity index (χ0) is 7.72. The molecule has 1 nitrogen and oxygen atoms in total. The molecule has 0 bridgehead atoms. The molecule has 0 atom stereocenters. The van der Waals surface area contributed by atoms with Crippen LogP contribution in [0, 0.1) is 0 Å². The molecule has 0 spiro atoms. The van der Waals surface area contributed by atoms with Gasteiger partial charge in [0, 0.05) is 18.9 Å². The van der Waals surface area contributed by atoms with Crippen LogP contribution in [-0.2, 0) is 7.05 Å². The van der Waals surface area contributed by atoms with Crippen LogP contribution >= 0.6 is 11.6 Å². The number of aromatic nitrogens is 1. The molecular formula is C8H12ClN. The Kier molecular flexibility index (Phi) is 2.05. The first-order chi connectivity index (χ1) is 4.63. The molecule has 1 aromatic heterocycles. The molecule has 0 aliphatic rings. The van der Waals surface area contributed by atoms with E-state index in [4.69, 9.17) is 11.6 Å². The van der Waals surface area contributed by atoms with Gasteiger partial charge >= 0.3 is 0 Å². The maximum atomic E-state index is 5.92. The first-order valence-electron chi connectivity index (χ1n) is 3.43. The summed E-state index contributed by atoms with van der Waals surface area (Å²) in [5.74, 6) is 0.507. The van der Waals surface area contributed by atoms with Crippen molar-refractivity contribution in [1.82, 2.24) is 4.57 Å². The molecule has 0 fully saturated rings. The highest BCUT2D eigenvalue weighted by molar-refractivity contribution is 6.31. The third kappa shape index (κ3) is 1.19. The van der Waals surface area contributed by atoms with Crippen LogP contribution in [0.4, 0.5) is 0 Å². The number of rotatable bonds is 1. The monoisotopic (exact) mass is 157 g/mol. The van der Waals surface area contributed by atoms with Crippen LogP contribution in [0.1, 0.15) is 25.5 Å². The molecule has 0 aromatic carbocycles. The third-order valence-electron chi connectivity index (χ3n) is 1.62. The van der Waals surface area contributed by atoms with Gasteiger partial charge in [-0.2, -0.15) is 0 Å². The van der Waals surface area contributed by atoms with Crippen LogP contribution in [0.5, 0.6) is 0 Å². The first-order valence-corrected chi connectivity index (χ1v) is 3.81. The molecule has 2 heteroatoms. The van der Waals surface area contributed by atoms with E-state index in [9.17, 15) is 0 Å². The lowest BCUT2D eigenvalue weighted by Crippen LogP contribution is -1.96. The van der Waals surface area contributed by atoms with Gasteiger partial charge in [0.1, 0.15) is 0 Å². The lowest BCUT2D eigenvalue weighted by Gasteiger charge is -2.06. The minimum atomic E-state index is 0.507. The van der Waals surface area contributed by atoms with E-state index in [0.29, 0.717) is 5.92 Å². The minimum Gasteiger partial charge on any atom is -0.353 e. The van der Waals surface area contributed by atoms with E-state index in [1.54, 1.807) is 0 Å². The molecule has 0 saturated carbocycles. The summed E-state index contributed by atoms with van der Waals surface area (Å²) in [6, 6.07) is 1.93. The Labute approximate surface area is 66.6 Å². The van der Waals surface area contributed by atoms with Crippen molar-refractivity contribution in [2.24, 2.45) is 7.05 Å². The number of nitrogens with zero attached hydrogens (tertiary/aromatic N) is 1. The van der Waals surface area contributed by atoms with E-state index in [2.05, 4.69) is 18.4 Å². The third-order valence-corrected chi connectivity index (χ3v) is 1.94. The Morgan fingerprint density at radius 1 is 1.50 bits per heavy atom. The van der Waals surface area contributed by atoms with Crippen LogP contribution in [0.25, 0.3) is 0 Å². The number of halogens is 1. The van der Waals surface area contributed by atoms with E-state index in [-0.39, 0.29) is 0 Å². The van der Waals surface area contributed by atoms with E-state index in [1.807, 2.05) is 19.3 Å². The van der Waals surface area contributed by atoms with E-state index in [0.717, 1.165) is 5.02 Å². The zero-order valence-electron chi connectivity index (χ0n) is 6.56. The molecule has 1 heterocycles. The molecule has 0 amide bonds. The highest BCUT2D eigenvalue weighted by Crippen LogP contribution is 2.23. The Morgan fingerprint density at radius 2 is 2.10 bits per heavy atom. The fourth-order valence-corrected chi connectivity index (χ4v) is 1.60. The van der Waals surface area contributed by atoms with E-state index < -0.39 is 0 Å². The standard InChI is InChI=1S/C8H12ClN/c1-6(2)8-7(9)4-5-10(8)3/h4-6H,1-3H3. The molecule has 0 N–H and O–H groups in total.